The fraction of sp³-hybridized carbons (Fsp3) is 0.520. The monoisotopic (exact) mass is 409 g/mol. The number of fused-ring (bicyclic) bond motifs is 1. The first-order valence-electron chi connectivity index (χ1n) is 11.3. The minimum absolute atomic E-state index is 0.377. The summed E-state index contributed by atoms with van der Waals surface area (Å²) in [5.74, 6) is 2.52. The number of rotatable bonds is 6. The van der Waals surface area contributed by atoms with Gasteiger partial charge in [-0.15, -0.1) is 0 Å². The number of anilines is 1. The molecule has 0 spiro atoms. The molecule has 5 rings (SSSR count). The molecule has 2 fully saturated rings. The van der Waals surface area contributed by atoms with Gasteiger partial charge in [0.1, 0.15) is 0 Å². The summed E-state index contributed by atoms with van der Waals surface area (Å²) in [5, 5.41) is 0. The standard InChI is InChI=1S/C25H31NO2S/c27-29(28,23-9-5-2-6-10-23)26-16-15-22-17-20(13-14-25(22)26)24-18-21(24)12-11-19-7-3-1-4-8-19/h2,5-6,9-10,13-14,17,19,21,24H,1,3-4,7-8,11-12,15-16,18H2. The molecule has 2 atom stereocenters. The summed E-state index contributed by atoms with van der Waals surface area (Å²) in [6.07, 6.45) is 12.1. The number of nitrogens with zero attached hydrogens (tertiary/aromatic N) is 1. The maximum absolute atomic E-state index is 13.0. The van der Waals surface area contributed by atoms with Crippen molar-refractivity contribution in [3.8, 4) is 0 Å². The number of benzene rings is 2. The molecule has 3 aliphatic rings. The minimum atomic E-state index is -3.47. The van der Waals surface area contributed by atoms with Crippen LogP contribution in [0.25, 0.3) is 0 Å². The van der Waals surface area contributed by atoms with Crippen LogP contribution in [0.1, 0.15) is 68.4 Å². The summed E-state index contributed by atoms with van der Waals surface area (Å²) in [5.41, 5.74) is 3.49. The zero-order valence-corrected chi connectivity index (χ0v) is 17.9. The summed E-state index contributed by atoms with van der Waals surface area (Å²) < 4.78 is 27.7. The van der Waals surface area contributed by atoms with Crippen molar-refractivity contribution in [2.45, 2.75) is 68.6 Å². The Kier molecular flexibility index (Phi) is 5.15. The molecule has 2 unspecified atom stereocenters. The van der Waals surface area contributed by atoms with Crippen LogP contribution in [0, 0.1) is 11.8 Å². The third-order valence-corrected chi connectivity index (χ3v) is 9.14. The molecule has 1 aliphatic heterocycles. The number of hydrogen-bond acceptors (Lipinski definition) is 2. The minimum Gasteiger partial charge on any atom is -0.266 e. The van der Waals surface area contributed by atoms with Crippen molar-refractivity contribution >= 4 is 15.7 Å². The lowest BCUT2D eigenvalue weighted by Gasteiger charge is -2.21. The van der Waals surface area contributed by atoms with E-state index in [0.717, 1.165) is 23.9 Å². The average Bonchev–Trinajstić information content (AvgIpc) is 3.41. The lowest BCUT2D eigenvalue weighted by atomic mass is 9.85. The second-order valence-corrected chi connectivity index (χ2v) is 11.1. The van der Waals surface area contributed by atoms with Gasteiger partial charge >= 0.3 is 0 Å². The summed E-state index contributed by atoms with van der Waals surface area (Å²) in [4.78, 5) is 0.377. The Morgan fingerprint density at radius 3 is 2.52 bits per heavy atom. The molecule has 4 heteroatoms. The van der Waals surface area contributed by atoms with E-state index in [1.807, 2.05) is 6.07 Å². The van der Waals surface area contributed by atoms with Gasteiger partial charge in [-0.25, -0.2) is 8.42 Å². The second-order valence-electron chi connectivity index (χ2n) is 9.21. The van der Waals surface area contributed by atoms with E-state index in [-0.39, 0.29) is 0 Å². The van der Waals surface area contributed by atoms with Crippen LogP contribution in [0.4, 0.5) is 5.69 Å². The third kappa shape index (κ3) is 3.84. The van der Waals surface area contributed by atoms with E-state index < -0.39 is 10.0 Å². The lowest BCUT2D eigenvalue weighted by molar-refractivity contribution is 0.326. The van der Waals surface area contributed by atoms with Crippen LogP contribution in [-0.2, 0) is 16.4 Å². The first kappa shape index (κ1) is 19.2. The Morgan fingerprint density at radius 2 is 1.72 bits per heavy atom. The molecule has 0 radical (unpaired) electrons. The molecule has 1 heterocycles. The second kappa shape index (κ2) is 7.79. The molecular weight excluding hydrogens is 378 g/mol. The van der Waals surface area contributed by atoms with E-state index in [1.165, 1.54) is 62.5 Å². The summed E-state index contributed by atoms with van der Waals surface area (Å²) >= 11 is 0. The highest BCUT2D eigenvalue weighted by Gasteiger charge is 2.39. The molecule has 2 saturated carbocycles. The van der Waals surface area contributed by atoms with E-state index >= 15 is 0 Å². The molecule has 0 saturated heterocycles. The third-order valence-electron chi connectivity index (χ3n) is 7.31. The van der Waals surface area contributed by atoms with Crippen LogP contribution in [0.3, 0.4) is 0 Å². The van der Waals surface area contributed by atoms with E-state index in [9.17, 15) is 8.42 Å². The maximum Gasteiger partial charge on any atom is 0.264 e. The van der Waals surface area contributed by atoms with Gasteiger partial charge in [-0.1, -0.05) is 68.9 Å². The first-order chi connectivity index (χ1) is 14.1. The highest BCUT2D eigenvalue weighted by Crippen LogP contribution is 2.52. The quantitative estimate of drug-likeness (QED) is 0.595. The van der Waals surface area contributed by atoms with Crippen LogP contribution in [-0.4, -0.2) is 15.0 Å². The van der Waals surface area contributed by atoms with Crippen molar-refractivity contribution in [3.05, 3.63) is 59.7 Å². The van der Waals surface area contributed by atoms with Crippen molar-refractivity contribution in [2.24, 2.45) is 11.8 Å². The highest BCUT2D eigenvalue weighted by atomic mass is 32.2. The fourth-order valence-electron chi connectivity index (χ4n) is 5.49. The predicted molar refractivity (Wildman–Crippen MR) is 118 cm³/mol. The van der Waals surface area contributed by atoms with Gasteiger partial charge < -0.3 is 0 Å². The Hall–Kier alpha value is -1.81. The number of hydrogen-bond donors (Lipinski definition) is 0. The SMILES string of the molecule is O=S(=O)(c1ccccc1)N1CCc2cc(C3CC3CCC3CCCCC3)ccc21. The summed E-state index contributed by atoms with van der Waals surface area (Å²) in [6, 6.07) is 15.3. The molecule has 2 aliphatic carbocycles. The van der Waals surface area contributed by atoms with Gasteiger partial charge in [0.15, 0.2) is 0 Å². The Bertz CT molecular complexity index is 964. The molecule has 2 aromatic rings. The Morgan fingerprint density at radius 1 is 0.931 bits per heavy atom. The van der Waals surface area contributed by atoms with Crippen molar-refractivity contribution < 1.29 is 8.42 Å². The molecule has 29 heavy (non-hydrogen) atoms. The predicted octanol–water partition coefficient (Wildman–Crippen LogP) is 5.90. The van der Waals surface area contributed by atoms with E-state index in [0.29, 0.717) is 17.4 Å². The van der Waals surface area contributed by atoms with Gasteiger partial charge in [-0.3, -0.25) is 4.31 Å². The average molecular weight is 410 g/mol. The van der Waals surface area contributed by atoms with Gasteiger partial charge in [-0.2, -0.15) is 0 Å². The van der Waals surface area contributed by atoms with Gasteiger partial charge in [0.05, 0.1) is 10.6 Å². The fourth-order valence-corrected chi connectivity index (χ4v) is 7.02. The van der Waals surface area contributed by atoms with Crippen molar-refractivity contribution in [1.29, 1.82) is 0 Å². The Balaban J connectivity index is 1.26. The molecule has 0 aromatic heterocycles. The van der Waals surface area contributed by atoms with Gasteiger partial charge in [-0.05, 0) is 66.3 Å². The summed E-state index contributed by atoms with van der Waals surface area (Å²) in [6.45, 7) is 0.547. The summed E-state index contributed by atoms with van der Waals surface area (Å²) in [7, 11) is -3.47. The van der Waals surface area contributed by atoms with Crippen molar-refractivity contribution in [3.63, 3.8) is 0 Å². The topological polar surface area (TPSA) is 37.4 Å². The molecule has 3 nitrogen and oxygen atoms in total. The van der Waals surface area contributed by atoms with E-state index in [2.05, 4.69) is 18.2 Å². The van der Waals surface area contributed by atoms with Crippen molar-refractivity contribution in [2.75, 3.05) is 10.8 Å². The molecule has 0 amide bonds. The maximum atomic E-state index is 13.0. The zero-order valence-electron chi connectivity index (χ0n) is 17.1. The molecule has 154 valence electrons. The molecule has 2 aromatic carbocycles. The smallest absolute Gasteiger partial charge is 0.264 e. The lowest BCUT2D eigenvalue weighted by Crippen LogP contribution is -2.29. The first-order valence-corrected chi connectivity index (χ1v) is 12.8. The normalized spacial score (nSPS) is 24.5. The number of sulfonamides is 1. The molecule has 0 N–H and O–H groups in total. The van der Waals surface area contributed by atoms with Crippen LogP contribution in [0.2, 0.25) is 0 Å². The molecule has 0 bridgehead atoms. The van der Waals surface area contributed by atoms with Gasteiger partial charge in [0.25, 0.3) is 10.0 Å². The van der Waals surface area contributed by atoms with Gasteiger partial charge in [0, 0.05) is 6.54 Å². The molecular formula is C25H31NO2S. The van der Waals surface area contributed by atoms with E-state index in [1.54, 1.807) is 28.6 Å². The van der Waals surface area contributed by atoms with Crippen LogP contribution >= 0.6 is 0 Å². The van der Waals surface area contributed by atoms with Crippen LogP contribution in [0.15, 0.2) is 53.4 Å². The van der Waals surface area contributed by atoms with Gasteiger partial charge in [0.2, 0.25) is 0 Å². The zero-order chi connectivity index (χ0) is 19.8. The Labute approximate surface area is 175 Å². The van der Waals surface area contributed by atoms with Crippen molar-refractivity contribution in [1.82, 2.24) is 0 Å². The van der Waals surface area contributed by atoms with Crippen LogP contribution < -0.4 is 4.31 Å². The largest absolute Gasteiger partial charge is 0.266 e. The highest BCUT2D eigenvalue weighted by molar-refractivity contribution is 7.92. The van der Waals surface area contributed by atoms with Crippen LogP contribution in [0.5, 0.6) is 0 Å². The van der Waals surface area contributed by atoms with E-state index in [4.69, 9.17) is 0 Å².